The van der Waals surface area contributed by atoms with Gasteiger partial charge in [0.05, 0.1) is 22.7 Å². The van der Waals surface area contributed by atoms with Crippen LogP contribution < -0.4 is 9.80 Å². The highest BCUT2D eigenvalue weighted by Gasteiger charge is 2.38. The molecule has 0 saturated carbocycles. The molecule has 9 aromatic carbocycles. The predicted octanol–water partition coefficient (Wildman–Crippen LogP) is 15.5. The minimum atomic E-state index is -0.113. The molecule has 0 spiro atoms. The van der Waals surface area contributed by atoms with Crippen molar-refractivity contribution in [1.82, 2.24) is 0 Å². The maximum Gasteiger partial charge on any atom is 0.0502 e. The van der Waals surface area contributed by atoms with Crippen molar-refractivity contribution in [3.8, 4) is 22.3 Å². The highest BCUT2D eigenvalue weighted by atomic mass is 15.2. The van der Waals surface area contributed by atoms with Crippen molar-refractivity contribution >= 4 is 55.7 Å². The zero-order valence-electron chi connectivity index (χ0n) is 33.4. The second kappa shape index (κ2) is 12.8. The SMILES string of the molecule is CC1(C)c2ccccc2N(c2cccc(-c3c4ccccc4c(-c4cccc(N5c6ccccc6C(C)(C)c6ccccc65)c4)c4ccccc34)c2)c2ccccc21. The first-order valence-corrected chi connectivity index (χ1v) is 20.4. The van der Waals surface area contributed by atoms with Gasteiger partial charge in [-0.15, -0.1) is 0 Å². The van der Waals surface area contributed by atoms with Gasteiger partial charge in [0.15, 0.2) is 0 Å². The minimum absolute atomic E-state index is 0.113. The Balaban J connectivity index is 1.11. The van der Waals surface area contributed by atoms with Crippen molar-refractivity contribution in [2.24, 2.45) is 0 Å². The Kier molecular flexibility index (Phi) is 7.59. The quantitative estimate of drug-likeness (QED) is 0.166. The summed E-state index contributed by atoms with van der Waals surface area (Å²) in [5.41, 5.74) is 17.3. The van der Waals surface area contributed by atoms with Gasteiger partial charge in [0.2, 0.25) is 0 Å². The fourth-order valence-corrected chi connectivity index (χ4v) is 10.2. The van der Waals surface area contributed by atoms with Gasteiger partial charge in [0, 0.05) is 22.2 Å². The summed E-state index contributed by atoms with van der Waals surface area (Å²) in [7, 11) is 0. The van der Waals surface area contributed by atoms with Gasteiger partial charge < -0.3 is 9.80 Å². The van der Waals surface area contributed by atoms with E-state index >= 15 is 0 Å². The Bertz CT molecular complexity index is 2730. The first kappa shape index (κ1) is 34.4. The highest BCUT2D eigenvalue weighted by Crippen LogP contribution is 2.54. The second-order valence-electron chi connectivity index (χ2n) is 16.9. The van der Waals surface area contributed by atoms with Crippen molar-refractivity contribution < 1.29 is 0 Å². The number of rotatable bonds is 4. The molecule has 2 aliphatic heterocycles. The van der Waals surface area contributed by atoms with Crippen LogP contribution in [0.2, 0.25) is 0 Å². The average Bonchev–Trinajstić information content (AvgIpc) is 3.26. The van der Waals surface area contributed by atoms with Crippen molar-refractivity contribution in [2.45, 2.75) is 38.5 Å². The Morgan fingerprint density at radius 3 is 0.879 bits per heavy atom. The van der Waals surface area contributed by atoms with E-state index in [1.54, 1.807) is 0 Å². The fourth-order valence-electron chi connectivity index (χ4n) is 10.2. The molecule has 0 amide bonds. The molecule has 0 aromatic heterocycles. The molecule has 0 fully saturated rings. The summed E-state index contributed by atoms with van der Waals surface area (Å²) < 4.78 is 0. The third-order valence-corrected chi connectivity index (χ3v) is 13.0. The molecule has 2 heterocycles. The van der Waals surface area contributed by atoms with E-state index in [0.717, 1.165) is 11.4 Å². The van der Waals surface area contributed by atoms with E-state index in [0.29, 0.717) is 0 Å². The van der Waals surface area contributed by atoms with Crippen molar-refractivity contribution in [3.05, 3.63) is 216 Å². The molecule has 0 saturated heterocycles. The molecule has 278 valence electrons. The predicted molar refractivity (Wildman–Crippen MR) is 246 cm³/mol. The Hall–Kier alpha value is -6.90. The third kappa shape index (κ3) is 4.98. The van der Waals surface area contributed by atoms with Crippen LogP contribution in [-0.2, 0) is 10.8 Å². The van der Waals surface area contributed by atoms with E-state index in [4.69, 9.17) is 0 Å². The molecule has 9 aromatic rings. The first-order chi connectivity index (χ1) is 28.3. The zero-order valence-corrected chi connectivity index (χ0v) is 33.4. The van der Waals surface area contributed by atoms with E-state index in [9.17, 15) is 0 Å². The lowest BCUT2D eigenvalue weighted by atomic mass is 9.73. The minimum Gasteiger partial charge on any atom is -0.310 e. The van der Waals surface area contributed by atoms with E-state index in [2.05, 4.69) is 232 Å². The average molecular weight is 745 g/mol. The largest absolute Gasteiger partial charge is 0.310 e. The van der Waals surface area contributed by atoms with Crippen LogP contribution in [0, 0.1) is 0 Å². The summed E-state index contributed by atoms with van der Waals surface area (Å²) in [6.45, 7) is 9.38. The maximum absolute atomic E-state index is 2.46. The number of fused-ring (bicyclic) bond motifs is 6. The van der Waals surface area contributed by atoms with E-state index in [1.165, 1.54) is 88.8 Å². The summed E-state index contributed by atoms with van der Waals surface area (Å²) in [6.07, 6.45) is 0. The van der Waals surface area contributed by atoms with Crippen molar-refractivity contribution in [1.29, 1.82) is 0 Å². The van der Waals surface area contributed by atoms with Crippen LogP contribution in [0.1, 0.15) is 49.9 Å². The van der Waals surface area contributed by atoms with Crippen LogP contribution in [0.3, 0.4) is 0 Å². The van der Waals surface area contributed by atoms with Crippen LogP contribution in [0.5, 0.6) is 0 Å². The summed E-state index contributed by atoms with van der Waals surface area (Å²) in [5, 5.41) is 4.98. The number of benzene rings is 9. The molecule has 58 heavy (non-hydrogen) atoms. The Labute approximate surface area is 341 Å². The van der Waals surface area contributed by atoms with Crippen LogP contribution in [0.25, 0.3) is 43.8 Å². The number of nitrogens with zero attached hydrogens (tertiary/aromatic N) is 2. The smallest absolute Gasteiger partial charge is 0.0502 e. The summed E-state index contributed by atoms with van der Waals surface area (Å²) in [5.74, 6) is 0. The molecule has 2 aliphatic rings. The normalized spacial score (nSPS) is 14.8. The van der Waals surface area contributed by atoms with Gasteiger partial charge in [0.1, 0.15) is 0 Å². The van der Waals surface area contributed by atoms with Gasteiger partial charge in [-0.1, -0.05) is 173 Å². The fraction of sp³-hybridized carbons (Fsp3) is 0.107. The number of hydrogen-bond acceptors (Lipinski definition) is 2. The van der Waals surface area contributed by atoms with Gasteiger partial charge in [-0.3, -0.25) is 0 Å². The van der Waals surface area contributed by atoms with E-state index < -0.39 is 0 Å². The van der Waals surface area contributed by atoms with Crippen LogP contribution in [0.15, 0.2) is 194 Å². The van der Waals surface area contributed by atoms with Crippen molar-refractivity contribution in [3.63, 3.8) is 0 Å². The standard InChI is InChI=1S/C56H44N2/c1-55(2)45-27-9-13-31-49(45)57(50-32-14-10-28-46(50)55)39-21-17-19-37(35-39)53-41-23-5-7-25-43(41)54(44-26-8-6-24-42(44)53)38-20-18-22-40(36-38)58-51-33-15-11-29-47(51)56(3,4)48-30-12-16-34-52(48)58/h5-36H,1-4H3. The second-order valence-corrected chi connectivity index (χ2v) is 16.9. The lowest BCUT2D eigenvalue weighted by Crippen LogP contribution is -2.30. The third-order valence-electron chi connectivity index (χ3n) is 13.0. The topological polar surface area (TPSA) is 6.48 Å². The van der Waals surface area contributed by atoms with Gasteiger partial charge in [-0.05, 0) is 115 Å². The molecular weight excluding hydrogens is 701 g/mol. The molecule has 0 unspecified atom stereocenters. The summed E-state index contributed by atoms with van der Waals surface area (Å²) in [4.78, 5) is 4.92. The molecule has 0 bridgehead atoms. The van der Waals surface area contributed by atoms with Gasteiger partial charge in [-0.25, -0.2) is 0 Å². The highest BCUT2D eigenvalue weighted by molar-refractivity contribution is 6.21. The first-order valence-electron chi connectivity index (χ1n) is 20.4. The number of para-hydroxylation sites is 4. The van der Waals surface area contributed by atoms with Crippen molar-refractivity contribution in [2.75, 3.05) is 9.80 Å². The van der Waals surface area contributed by atoms with E-state index in [-0.39, 0.29) is 10.8 Å². The van der Waals surface area contributed by atoms with E-state index in [1.807, 2.05) is 0 Å². The molecular formula is C56H44N2. The van der Waals surface area contributed by atoms with Gasteiger partial charge >= 0.3 is 0 Å². The molecule has 0 radical (unpaired) electrons. The molecule has 0 N–H and O–H groups in total. The van der Waals surface area contributed by atoms with Gasteiger partial charge in [-0.2, -0.15) is 0 Å². The number of hydrogen-bond donors (Lipinski definition) is 0. The molecule has 0 atom stereocenters. The molecule has 2 heteroatoms. The molecule has 2 nitrogen and oxygen atoms in total. The summed E-state index contributed by atoms with van der Waals surface area (Å²) >= 11 is 0. The molecule has 0 aliphatic carbocycles. The monoisotopic (exact) mass is 744 g/mol. The van der Waals surface area contributed by atoms with Gasteiger partial charge in [0.25, 0.3) is 0 Å². The Morgan fingerprint density at radius 2 is 0.569 bits per heavy atom. The lowest BCUT2D eigenvalue weighted by molar-refractivity contribution is 0.632. The zero-order chi connectivity index (χ0) is 39.2. The van der Waals surface area contributed by atoms with Crippen LogP contribution in [-0.4, -0.2) is 0 Å². The Morgan fingerprint density at radius 1 is 0.293 bits per heavy atom. The number of anilines is 6. The van der Waals surface area contributed by atoms with Crippen LogP contribution >= 0.6 is 0 Å². The maximum atomic E-state index is 2.46. The summed E-state index contributed by atoms with van der Waals surface area (Å²) in [6, 6.07) is 71.9. The molecule has 11 rings (SSSR count). The lowest BCUT2D eigenvalue weighted by Gasteiger charge is -2.42. The van der Waals surface area contributed by atoms with Crippen LogP contribution in [0.4, 0.5) is 34.1 Å².